The Morgan fingerprint density at radius 3 is 2.35 bits per heavy atom. The first-order chi connectivity index (χ1) is 21.0. The fourth-order valence-corrected chi connectivity index (χ4v) is 5.61. The maximum atomic E-state index is 14.3. The first-order valence-corrected chi connectivity index (χ1v) is 14.9. The van der Waals surface area contributed by atoms with Crippen LogP contribution in [-0.2, 0) is 22.4 Å². The minimum Gasteiger partial charge on any atom is -0.457 e. The first kappa shape index (κ1) is 30.0. The van der Waals surface area contributed by atoms with Crippen LogP contribution in [0.1, 0.15) is 64.7 Å². The van der Waals surface area contributed by atoms with Crippen molar-refractivity contribution in [2.24, 2.45) is 5.92 Å². The molecule has 5 rings (SSSR count). The van der Waals surface area contributed by atoms with E-state index in [-0.39, 0.29) is 25.4 Å². The second-order valence-corrected chi connectivity index (χ2v) is 11.0. The Kier molecular flexibility index (Phi) is 9.84. The van der Waals surface area contributed by atoms with E-state index in [0.29, 0.717) is 12.2 Å². The van der Waals surface area contributed by atoms with Gasteiger partial charge in [0.05, 0.1) is 0 Å². The van der Waals surface area contributed by atoms with Crippen LogP contribution in [0.25, 0.3) is 11.1 Å². The number of aryl methyl sites for hydroxylation is 2. The molecule has 1 aliphatic rings. The van der Waals surface area contributed by atoms with Gasteiger partial charge in [0.2, 0.25) is 11.7 Å². The summed E-state index contributed by atoms with van der Waals surface area (Å²) in [6, 6.07) is 27.7. The molecule has 2 atom stereocenters. The number of benzene rings is 3. The van der Waals surface area contributed by atoms with Crippen molar-refractivity contribution in [2.45, 2.75) is 51.5 Å². The Balaban J connectivity index is 1.50. The maximum absolute atomic E-state index is 14.3. The van der Waals surface area contributed by atoms with E-state index in [9.17, 15) is 14.4 Å². The molecule has 1 fully saturated rings. The Morgan fingerprint density at radius 1 is 0.907 bits per heavy atom. The summed E-state index contributed by atoms with van der Waals surface area (Å²) in [5.41, 5.74) is 4.40. The van der Waals surface area contributed by atoms with E-state index in [1.54, 1.807) is 6.07 Å². The summed E-state index contributed by atoms with van der Waals surface area (Å²) in [6.07, 6.45) is 3.39. The Bertz CT molecular complexity index is 1540. The summed E-state index contributed by atoms with van der Waals surface area (Å²) in [5, 5.41) is 9.13. The van der Waals surface area contributed by atoms with Crippen molar-refractivity contribution < 1.29 is 28.6 Å². The highest BCUT2D eigenvalue weighted by atomic mass is 16.6. The SMILES string of the molecule is Cc1cccc(-c2cc(C(=O)[C@H](Cc3ccccc3)C(=O)N3C(=O)OC[C@@H]3c3ccccc3)oc2CCCCCCO)c1. The van der Waals surface area contributed by atoms with Crippen LogP contribution in [0.3, 0.4) is 0 Å². The fourth-order valence-electron chi connectivity index (χ4n) is 5.61. The zero-order chi connectivity index (χ0) is 30.2. The van der Waals surface area contributed by atoms with E-state index in [1.807, 2.05) is 91.9 Å². The van der Waals surface area contributed by atoms with Gasteiger partial charge in [0, 0.05) is 18.6 Å². The first-order valence-electron chi connectivity index (χ1n) is 14.9. The Hall–Kier alpha value is -4.49. The fraction of sp³-hybridized carbons (Fsp3) is 0.306. The lowest BCUT2D eigenvalue weighted by atomic mass is 9.91. The lowest BCUT2D eigenvalue weighted by Crippen LogP contribution is -2.42. The van der Waals surface area contributed by atoms with Crippen molar-refractivity contribution in [1.82, 2.24) is 4.90 Å². The van der Waals surface area contributed by atoms with Gasteiger partial charge in [-0.1, -0.05) is 103 Å². The van der Waals surface area contributed by atoms with E-state index in [1.165, 1.54) is 0 Å². The number of cyclic esters (lactones) is 1. The summed E-state index contributed by atoms with van der Waals surface area (Å²) in [4.78, 5) is 42.4. The monoisotopic (exact) mass is 579 g/mol. The van der Waals surface area contributed by atoms with E-state index in [4.69, 9.17) is 14.3 Å². The number of hydrogen-bond acceptors (Lipinski definition) is 6. The lowest BCUT2D eigenvalue weighted by molar-refractivity contribution is -0.132. The van der Waals surface area contributed by atoms with Gasteiger partial charge in [-0.3, -0.25) is 9.59 Å². The molecule has 0 unspecified atom stereocenters. The third-order valence-electron chi connectivity index (χ3n) is 7.88. The zero-order valence-electron chi connectivity index (χ0n) is 24.4. The second-order valence-electron chi connectivity index (χ2n) is 11.0. The molecule has 4 aromatic rings. The van der Waals surface area contributed by atoms with Crippen molar-refractivity contribution in [3.8, 4) is 11.1 Å². The minimum atomic E-state index is -1.19. The van der Waals surface area contributed by atoms with Gasteiger partial charge in [0.15, 0.2) is 5.76 Å². The number of unbranched alkanes of at least 4 members (excludes halogenated alkanes) is 3. The molecule has 2 heterocycles. The van der Waals surface area contributed by atoms with Crippen LogP contribution in [0, 0.1) is 12.8 Å². The van der Waals surface area contributed by atoms with Gasteiger partial charge in [-0.05, 0) is 48.9 Å². The standard InChI is InChI=1S/C36H37NO6/c1-25-13-12-18-28(21-25)29-23-33(43-32(29)19-10-2-3-11-20-38)34(39)30(22-26-14-6-4-7-15-26)35(40)37-31(24-42-36(37)41)27-16-8-5-9-17-27/h4-9,12-18,21,23,30-31,38H,2-3,10-11,19-20,22,24H2,1H3/t30-,31+/m0/s1. The summed E-state index contributed by atoms with van der Waals surface area (Å²) >= 11 is 0. The van der Waals surface area contributed by atoms with Crippen LogP contribution in [0.4, 0.5) is 4.79 Å². The minimum absolute atomic E-state index is 0.0273. The number of ketones is 1. The predicted molar refractivity (Wildman–Crippen MR) is 163 cm³/mol. The van der Waals surface area contributed by atoms with Gasteiger partial charge in [-0.25, -0.2) is 9.69 Å². The molecule has 0 saturated carbocycles. The van der Waals surface area contributed by atoms with Crippen LogP contribution in [0.5, 0.6) is 0 Å². The number of furan rings is 1. The molecule has 43 heavy (non-hydrogen) atoms. The van der Waals surface area contributed by atoms with E-state index in [0.717, 1.165) is 58.4 Å². The van der Waals surface area contributed by atoms with Gasteiger partial charge in [-0.2, -0.15) is 0 Å². The average molecular weight is 580 g/mol. The predicted octanol–water partition coefficient (Wildman–Crippen LogP) is 7.11. The second kappa shape index (κ2) is 14.1. The number of rotatable bonds is 13. The molecular weight excluding hydrogens is 542 g/mol. The molecule has 3 aromatic carbocycles. The highest BCUT2D eigenvalue weighted by molar-refractivity contribution is 6.12. The van der Waals surface area contributed by atoms with Crippen molar-refractivity contribution in [3.63, 3.8) is 0 Å². The zero-order valence-corrected chi connectivity index (χ0v) is 24.4. The van der Waals surface area contributed by atoms with Gasteiger partial charge in [0.1, 0.15) is 24.3 Å². The number of aliphatic hydroxyl groups is 1. The number of amides is 2. The molecule has 1 aliphatic heterocycles. The number of ether oxygens (including phenoxy) is 1. The molecule has 0 radical (unpaired) electrons. The molecule has 1 saturated heterocycles. The summed E-state index contributed by atoms with van der Waals surface area (Å²) in [7, 11) is 0. The van der Waals surface area contributed by atoms with Crippen molar-refractivity contribution in [2.75, 3.05) is 13.2 Å². The van der Waals surface area contributed by atoms with Crippen molar-refractivity contribution in [1.29, 1.82) is 0 Å². The number of hydrogen-bond donors (Lipinski definition) is 1. The number of carbonyl (C=O) groups is 3. The molecule has 7 heteroatoms. The van der Waals surface area contributed by atoms with E-state index < -0.39 is 29.7 Å². The van der Waals surface area contributed by atoms with Crippen LogP contribution in [0.15, 0.2) is 95.4 Å². The average Bonchev–Trinajstić information content (AvgIpc) is 3.64. The quantitative estimate of drug-likeness (QED) is 0.103. The number of nitrogens with zero attached hydrogens (tertiary/aromatic N) is 1. The topological polar surface area (TPSA) is 97.1 Å². The van der Waals surface area contributed by atoms with Gasteiger partial charge < -0.3 is 14.3 Å². The van der Waals surface area contributed by atoms with E-state index >= 15 is 0 Å². The van der Waals surface area contributed by atoms with Gasteiger partial charge in [0.25, 0.3) is 0 Å². The maximum Gasteiger partial charge on any atom is 0.417 e. The molecule has 0 bridgehead atoms. The van der Waals surface area contributed by atoms with Crippen LogP contribution in [-0.4, -0.2) is 41.0 Å². The number of Topliss-reactive ketones (excluding diaryl/α,β-unsaturated/α-hetero) is 1. The van der Waals surface area contributed by atoms with E-state index in [2.05, 4.69) is 0 Å². The normalized spacial score (nSPS) is 15.3. The molecule has 2 amide bonds. The van der Waals surface area contributed by atoms with Crippen LogP contribution >= 0.6 is 0 Å². The lowest BCUT2D eigenvalue weighted by Gasteiger charge is -2.24. The molecule has 0 spiro atoms. The van der Waals surface area contributed by atoms with Crippen molar-refractivity contribution in [3.05, 3.63) is 119 Å². The molecule has 0 aliphatic carbocycles. The third kappa shape index (κ3) is 7.12. The highest BCUT2D eigenvalue weighted by Crippen LogP contribution is 2.34. The molecule has 7 nitrogen and oxygen atoms in total. The molecule has 1 aromatic heterocycles. The van der Waals surface area contributed by atoms with Gasteiger partial charge in [-0.15, -0.1) is 0 Å². The number of carbonyl (C=O) groups excluding carboxylic acids is 3. The summed E-state index contributed by atoms with van der Waals surface area (Å²) < 4.78 is 11.6. The summed E-state index contributed by atoms with van der Waals surface area (Å²) in [5.74, 6) is -1.48. The molecule has 1 N–H and O–H groups in total. The number of aliphatic hydroxyl groups excluding tert-OH is 1. The highest BCUT2D eigenvalue weighted by Gasteiger charge is 2.44. The molecular formula is C36H37NO6. The number of imide groups is 1. The summed E-state index contributed by atoms with van der Waals surface area (Å²) in [6.45, 7) is 2.21. The van der Waals surface area contributed by atoms with Crippen molar-refractivity contribution >= 4 is 17.8 Å². The smallest absolute Gasteiger partial charge is 0.417 e. The van der Waals surface area contributed by atoms with Gasteiger partial charge >= 0.3 is 6.09 Å². The van der Waals surface area contributed by atoms with Crippen LogP contribution in [0.2, 0.25) is 0 Å². The Labute approximate surface area is 252 Å². The van der Waals surface area contributed by atoms with Crippen LogP contribution < -0.4 is 0 Å². The molecule has 222 valence electrons. The third-order valence-corrected chi connectivity index (χ3v) is 7.88. The Morgan fingerprint density at radius 2 is 1.63 bits per heavy atom. The largest absolute Gasteiger partial charge is 0.457 e.